The zero-order valence-corrected chi connectivity index (χ0v) is 12.0. The number of benzene rings is 1. The monoisotopic (exact) mass is 319 g/mol. The summed E-state index contributed by atoms with van der Waals surface area (Å²) in [6, 6.07) is 1.52. The molecule has 3 N–H and O–H groups in total. The molecule has 0 fully saturated rings. The van der Waals surface area contributed by atoms with Crippen LogP contribution in [0.5, 0.6) is 0 Å². The van der Waals surface area contributed by atoms with Gasteiger partial charge in [-0.25, -0.2) is 26.9 Å². The van der Waals surface area contributed by atoms with E-state index in [9.17, 15) is 17.2 Å². The summed E-state index contributed by atoms with van der Waals surface area (Å²) in [5.74, 6) is -2.45. The number of nitrogens with two attached hydrogens (primary N) is 1. The van der Waals surface area contributed by atoms with Crippen molar-refractivity contribution >= 4 is 27.0 Å². The lowest BCUT2D eigenvalue weighted by atomic mass is 10.3. The molecule has 0 saturated heterocycles. The third-order valence-electron chi connectivity index (χ3n) is 2.56. The summed E-state index contributed by atoms with van der Waals surface area (Å²) in [6.07, 6.45) is 0. The molecule has 5 nitrogen and oxygen atoms in total. The van der Waals surface area contributed by atoms with E-state index >= 15 is 0 Å². The Morgan fingerprint density at radius 3 is 2.45 bits per heavy atom. The van der Waals surface area contributed by atoms with E-state index in [4.69, 9.17) is 5.73 Å². The molecule has 1 aromatic carbocycles. The van der Waals surface area contributed by atoms with Crippen LogP contribution in [0.15, 0.2) is 22.5 Å². The first-order valence-corrected chi connectivity index (χ1v) is 7.80. The van der Waals surface area contributed by atoms with Crippen LogP contribution in [-0.4, -0.2) is 13.4 Å². The molecule has 0 aliphatic carbocycles. The molecular weight excluding hydrogens is 308 g/mol. The Morgan fingerprint density at radius 2 is 1.95 bits per heavy atom. The van der Waals surface area contributed by atoms with Crippen LogP contribution >= 0.6 is 11.3 Å². The highest BCUT2D eigenvalue weighted by Gasteiger charge is 2.24. The number of rotatable bonds is 4. The lowest BCUT2D eigenvalue weighted by Gasteiger charge is -2.09. The fourth-order valence-electron chi connectivity index (χ4n) is 1.56. The molecule has 0 spiro atoms. The minimum absolute atomic E-state index is 0.0813. The highest BCUT2D eigenvalue weighted by atomic mass is 32.2. The fourth-order valence-corrected chi connectivity index (χ4v) is 3.48. The predicted octanol–water partition coefficient (Wildman–Crippen LogP) is 1.79. The van der Waals surface area contributed by atoms with E-state index in [1.165, 1.54) is 11.3 Å². The van der Waals surface area contributed by atoms with Gasteiger partial charge in [-0.3, -0.25) is 0 Å². The van der Waals surface area contributed by atoms with Gasteiger partial charge in [-0.05, 0) is 19.1 Å². The van der Waals surface area contributed by atoms with Crippen molar-refractivity contribution in [2.75, 3.05) is 5.73 Å². The smallest absolute Gasteiger partial charge is 0.246 e. The Kier molecular flexibility index (Phi) is 4.02. The summed E-state index contributed by atoms with van der Waals surface area (Å²) < 4.78 is 53.2. The highest BCUT2D eigenvalue weighted by Crippen LogP contribution is 2.22. The molecule has 20 heavy (non-hydrogen) atoms. The van der Waals surface area contributed by atoms with E-state index in [1.54, 1.807) is 12.4 Å². The van der Waals surface area contributed by atoms with Crippen LogP contribution in [0.1, 0.15) is 10.6 Å². The number of aryl methyl sites for hydroxylation is 1. The molecule has 2 aromatic rings. The second-order valence-corrected chi connectivity index (χ2v) is 6.64. The van der Waals surface area contributed by atoms with Crippen molar-refractivity contribution in [1.29, 1.82) is 0 Å². The predicted molar refractivity (Wildman–Crippen MR) is 71.6 cm³/mol. The van der Waals surface area contributed by atoms with Gasteiger partial charge < -0.3 is 5.73 Å². The van der Waals surface area contributed by atoms with Crippen molar-refractivity contribution in [2.24, 2.45) is 0 Å². The number of anilines is 1. The van der Waals surface area contributed by atoms with E-state index in [1.807, 2.05) is 0 Å². The maximum atomic E-state index is 13.6. The summed E-state index contributed by atoms with van der Waals surface area (Å²) in [4.78, 5) is 3.59. The Morgan fingerprint density at radius 1 is 1.35 bits per heavy atom. The standard InChI is InChI=1S/C11H11F2N3O2S2/c1-6-10(19-5-15-6)4-16-20(17,18)11-8(12)2-7(14)3-9(11)13/h2-3,5,16H,4,14H2,1H3. The van der Waals surface area contributed by atoms with Crippen molar-refractivity contribution in [1.82, 2.24) is 9.71 Å². The number of hydrogen-bond acceptors (Lipinski definition) is 5. The maximum absolute atomic E-state index is 13.6. The Balaban J connectivity index is 2.30. The van der Waals surface area contributed by atoms with E-state index in [-0.39, 0.29) is 12.2 Å². The van der Waals surface area contributed by atoms with Crippen LogP contribution in [0, 0.1) is 18.6 Å². The second-order valence-electron chi connectivity index (χ2n) is 4.00. The number of thiazole rings is 1. The SMILES string of the molecule is Cc1ncsc1CNS(=O)(=O)c1c(F)cc(N)cc1F. The Labute approximate surface area is 118 Å². The fraction of sp³-hybridized carbons (Fsp3) is 0.182. The molecule has 0 unspecified atom stereocenters. The van der Waals surface area contributed by atoms with Crippen molar-refractivity contribution in [3.05, 3.63) is 39.8 Å². The average Bonchev–Trinajstić information content (AvgIpc) is 2.70. The quantitative estimate of drug-likeness (QED) is 0.841. The molecular formula is C11H11F2N3O2S2. The first-order valence-electron chi connectivity index (χ1n) is 5.44. The van der Waals surface area contributed by atoms with Gasteiger partial charge in [-0.2, -0.15) is 0 Å². The number of nitrogen functional groups attached to an aromatic ring is 1. The van der Waals surface area contributed by atoms with E-state index in [2.05, 4.69) is 9.71 Å². The lowest BCUT2D eigenvalue weighted by molar-refractivity contribution is 0.515. The number of hydrogen-bond donors (Lipinski definition) is 2. The third-order valence-corrected chi connectivity index (χ3v) is 4.94. The first-order chi connectivity index (χ1) is 9.31. The number of nitrogens with zero attached hydrogens (tertiary/aromatic N) is 1. The molecule has 1 heterocycles. The molecule has 2 rings (SSSR count). The molecule has 0 aliphatic rings. The highest BCUT2D eigenvalue weighted by molar-refractivity contribution is 7.89. The van der Waals surface area contributed by atoms with Crippen LogP contribution in [0.25, 0.3) is 0 Å². The van der Waals surface area contributed by atoms with Gasteiger partial charge >= 0.3 is 0 Å². The average molecular weight is 319 g/mol. The van der Waals surface area contributed by atoms with Gasteiger partial charge in [0, 0.05) is 17.1 Å². The molecule has 0 radical (unpaired) electrons. The van der Waals surface area contributed by atoms with Gasteiger partial charge in [0.05, 0.1) is 11.2 Å². The minimum Gasteiger partial charge on any atom is -0.399 e. The van der Waals surface area contributed by atoms with Crippen LogP contribution in [0.2, 0.25) is 0 Å². The molecule has 1 aromatic heterocycles. The molecule has 108 valence electrons. The molecule has 0 atom stereocenters. The van der Waals surface area contributed by atoms with Gasteiger partial charge in [-0.15, -0.1) is 11.3 Å². The molecule has 0 bridgehead atoms. The largest absolute Gasteiger partial charge is 0.399 e. The number of aromatic nitrogens is 1. The normalized spacial score (nSPS) is 11.8. The lowest BCUT2D eigenvalue weighted by Crippen LogP contribution is -2.25. The van der Waals surface area contributed by atoms with Gasteiger partial charge in [-0.1, -0.05) is 0 Å². The maximum Gasteiger partial charge on any atom is 0.246 e. The zero-order valence-electron chi connectivity index (χ0n) is 10.4. The van der Waals surface area contributed by atoms with Crippen LogP contribution < -0.4 is 10.5 Å². The summed E-state index contributed by atoms with van der Waals surface area (Å²) in [7, 11) is -4.31. The van der Waals surface area contributed by atoms with Gasteiger partial charge in [0.15, 0.2) is 4.90 Å². The summed E-state index contributed by atoms with van der Waals surface area (Å²) in [6.45, 7) is 1.63. The summed E-state index contributed by atoms with van der Waals surface area (Å²) in [5, 5.41) is 0. The molecule has 0 saturated carbocycles. The summed E-state index contributed by atoms with van der Waals surface area (Å²) in [5.41, 5.74) is 7.28. The third kappa shape index (κ3) is 2.94. The van der Waals surface area contributed by atoms with Crippen molar-refractivity contribution in [3.63, 3.8) is 0 Å². The second kappa shape index (κ2) is 5.43. The van der Waals surface area contributed by atoms with Crippen LogP contribution in [0.4, 0.5) is 14.5 Å². The van der Waals surface area contributed by atoms with E-state index < -0.39 is 26.6 Å². The molecule has 0 amide bonds. The van der Waals surface area contributed by atoms with Gasteiger partial charge in [0.25, 0.3) is 0 Å². The van der Waals surface area contributed by atoms with E-state index in [0.717, 1.165) is 12.1 Å². The number of nitrogens with one attached hydrogen (secondary N) is 1. The first kappa shape index (κ1) is 14.8. The number of halogens is 2. The Bertz CT molecular complexity index is 721. The van der Waals surface area contributed by atoms with Gasteiger partial charge in [0.2, 0.25) is 10.0 Å². The molecule has 9 heteroatoms. The molecule has 0 aliphatic heterocycles. The summed E-state index contributed by atoms with van der Waals surface area (Å²) >= 11 is 1.25. The number of sulfonamides is 1. The topological polar surface area (TPSA) is 85.1 Å². The minimum atomic E-state index is -4.31. The van der Waals surface area contributed by atoms with Gasteiger partial charge in [0.1, 0.15) is 11.6 Å². The van der Waals surface area contributed by atoms with Crippen molar-refractivity contribution in [2.45, 2.75) is 18.4 Å². The van der Waals surface area contributed by atoms with E-state index in [0.29, 0.717) is 10.6 Å². The zero-order chi connectivity index (χ0) is 14.9. The van der Waals surface area contributed by atoms with Crippen molar-refractivity contribution in [3.8, 4) is 0 Å². The Hall–Kier alpha value is -1.58. The van der Waals surface area contributed by atoms with Crippen molar-refractivity contribution < 1.29 is 17.2 Å². The van der Waals surface area contributed by atoms with Crippen LogP contribution in [-0.2, 0) is 16.6 Å². The van der Waals surface area contributed by atoms with Crippen LogP contribution in [0.3, 0.4) is 0 Å².